The molecule has 0 aliphatic heterocycles. The molecule has 0 aliphatic carbocycles. The van der Waals surface area contributed by atoms with Gasteiger partial charge in [-0.05, 0) is 0 Å². The Labute approximate surface area is 95.3 Å². The van der Waals surface area contributed by atoms with E-state index in [2.05, 4.69) is 9.97 Å². The highest BCUT2D eigenvalue weighted by molar-refractivity contribution is 5.88. The van der Waals surface area contributed by atoms with Crippen LogP contribution in [-0.2, 0) is 12.6 Å². The Hall–Kier alpha value is -1.87. The molecule has 0 spiro atoms. The summed E-state index contributed by atoms with van der Waals surface area (Å²) in [5.41, 5.74) is -3.20. The van der Waals surface area contributed by atoms with Gasteiger partial charge >= 0.3 is 18.3 Å². The van der Waals surface area contributed by atoms with Gasteiger partial charge in [0.1, 0.15) is 17.8 Å². The zero-order valence-electron chi connectivity index (χ0n) is 8.30. The summed E-state index contributed by atoms with van der Waals surface area (Å²) in [7, 11) is 0. The van der Waals surface area contributed by atoms with E-state index >= 15 is 0 Å². The van der Waals surface area contributed by atoms with Crippen LogP contribution in [0, 0.1) is 0 Å². The number of alkyl halides is 6. The molecule has 0 aliphatic rings. The number of carbonyl (C=O) groups is 1. The average molecular weight is 274 g/mol. The van der Waals surface area contributed by atoms with Crippen LogP contribution >= 0.6 is 0 Å². The largest absolute Gasteiger partial charge is 0.478 e. The first kappa shape index (κ1) is 14.2. The van der Waals surface area contributed by atoms with E-state index in [-0.39, 0.29) is 6.20 Å². The van der Waals surface area contributed by atoms with Gasteiger partial charge in [-0.2, -0.15) is 26.3 Å². The van der Waals surface area contributed by atoms with Crippen LogP contribution in [0.4, 0.5) is 26.3 Å². The van der Waals surface area contributed by atoms with Crippen LogP contribution in [0.15, 0.2) is 6.20 Å². The van der Waals surface area contributed by atoms with Crippen LogP contribution in [0.5, 0.6) is 0 Å². The van der Waals surface area contributed by atoms with Gasteiger partial charge in [0, 0.05) is 6.20 Å². The van der Waals surface area contributed by atoms with Gasteiger partial charge in [-0.1, -0.05) is 0 Å². The van der Waals surface area contributed by atoms with Gasteiger partial charge in [0.15, 0.2) is 5.69 Å². The first-order valence-electron chi connectivity index (χ1n) is 4.24. The highest BCUT2D eigenvalue weighted by Gasteiger charge is 2.39. The maximum atomic E-state index is 12.4. The summed E-state index contributed by atoms with van der Waals surface area (Å²) in [5, 5.41) is 8.45. The molecule has 1 N–H and O–H groups in total. The van der Waals surface area contributed by atoms with Crippen molar-refractivity contribution in [3.63, 3.8) is 0 Å². The van der Waals surface area contributed by atoms with Gasteiger partial charge in [0.05, 0.1) is 0 Å². The molecule has 1 aromatic rings. The van der Waals surface area contributed by atoms with Crippen LogP contribution in [0.3, 0.4) is 0 Å². The number of aromatic nitrogens is 2. The Morgan fingerprint density at radius 2 is 1.78 bits per heavy atom. The topological polar surface area (TPSA) is 63.1 Å². The molecule has 1 heterocycles. The molecule has 0 fully saturated rings. The first-order chi connectivity index (χ1) is 8.00. The lowest BCUT2D eigenvalue weighted by atomic mass is 10.2. The molecule has 0 saturated heterocycles. The summed E-state index contributed by atoms with van der Waals surface area (Å²) in [6.07, 6.45) is -11.5. The van der Waals surface area contributed by atoms with E-state index in [1.165, 1.54) is 0 Å². The van der Waals surface area contributed by atoms with Crippen LogP contribution in [0.2, 0.25) is 0 Å². The average Bonchev–Trinajstić information content (AvgIpc) is 2.13. The highest BCUT2D eigenvalue weighted by atomic mass is 19.4. The van der Waals surface area contributed by atoms with E-state index in [0.717, 1.165) is 0 Å². The van der Waals surface area contributed by atoms with Crippen molar-refractivity contribution in [2.45, 2.75) is 18.8 Å². The predicted molar refractivity (Wildman–Crippen MR) is 43.8 cm³/mol. The molecule has 100 valence electrons. The molecule has 0 unspecified atom stereocenters. The highest BCUT2D eigenvalue weighted by Crippen LogP contribution is 2.31. The molecule has 10 heteroatoms. The van der Waals surface area contributed by atoms with Crippen LogP contribution < -0.4 is 0 Å². The summed E-state index contributed by atoms with van der Waals surface area (Å²) >= 11 is 0. The molecule has 1 aromatic heterocycles. The van der Waals surface area contributed by atoms with Gasteiger partial charge < -0.3 is 5.11 Å². The van der Waals surface area contributed by atoms with Crippen molar-refractivity contribution >= 4 is 5.97 Å². The van der Waals surface area contributed by atoms with E-state index in [1.54, 1.807) is 0 Å². The van der Waals surface area contributed by atoms with Crippen molar-refractivity contribution in [1.29, 1.82) is 0 Å². The zero-order chi connectivity index (χ0) is 14.1. The van der Waals surface area contributed by atoms with Gasteiger partial charge in [-0.3, -0.25) is 0 Å². The van der Waals surface area contributed by atoms with Gasteiger partial charge in [-0.25, -0.2) is 14.8 Å². The number of carboxylic acids is 1. The SMILES string of the molecule is O=C(O)c1cnc(CC(F)(F)F)nc1C(F)(F)F. The lowest BCUT2D eigenvalue weighted by molar-refractivity contribution is -0.143. The molecule has 0 atom stereocenters. The smallest absolute Gasteiger partial charge is 0.434 e. The van der Waals surface area contributed by atoms with Crippen LogP contribution in [0.1, 0.15) is 21.9 Å². The number of halogens is 6. The Morgan fingerprint density at radius 3 is 2.17 bits per heavy atom. The molecule has 0 aromatic carbocycles. The number of carboxylic acid groups (broad SMARTS) is 1. The van der Waals surface area contributed by atoms with Crippen molar-refractivity contribution in [2.24, 2.45) is 0 Å². The molecule has 0 bridgehead atoms. The van der Waals surface area contributed by atoms with Crippen molar-refractivity contribution in [3.8, 4) is 0 Å². The number of nitrogens with zero attached hydrogens (tertiary/aromatic N) is 2. The minimum atomic E-state index is -5.17. The Kier molecular flexibility index (Phi) is 3.49. The molecule has 18 heavy (non-hydrogen) atoms. The van der Waals surface area contributed by atoms with E-state index in [4.69, 9.17) is 5.11 Å². The Balaban J connectivity index is 3.27. The number of aromatic carboxylic acids is 1. The van der Waals surface area contributed by atoms with Gasteiger partial charge in [0.2, 0.25) is 0 Å². The number of hydrogen-bond donors (Lipinski definition) is 1. The van der Waals surface area contributed by atoms with E-state index in [9.17, 15) is 31.1 Å². The molecular formula is C8H4F6N2O2. The number of hydrogen-bond acceptors (Lipinski definition) is 3. The van der Waals surface area contributed by atoms with Gasteiger partial charge in [-0.15, -0.1) is 0 Å². The van der Waals surface area contributed by atoms with Crippen LogP contribution in [-0.4, -0.2) is 27.2 Å². The van der Waals surface area contributed by atoms with Crippen molar-refractivity contribution in [3.05, 3.63) is 23.3 Å². The Morgan fingerprint density at radius 1 is 1.22 bits per heavy atom. The normalized spacial score (nSPS) is 12.6. The monoisotopic (exact) mass is 274 g/mol. The summed E-state index contributed by atoms with van der Waals surface area (Å²) in [5.74, 6) is -3.11. The summed E-state index contributed by atoms with van der Waals surface area (Å²) in [4.78, 5) is 16.0. The second-order valence-corrected chi connectivity index (χ2v) is 3.14. The molecular weight excluding hydrogens is 270 g/mol. The molecule has 0 amide bonds. The van der Waals surface area contributed by atoms with Crippen LogP contribution in [0.25, 0.3) is 0 Å². The second kappa shape index (κ2) is 4.42. The first-order valence-corrected chi connectivity index (χ1v) is 4.24. The van der Waals surface area contributed by atoms with Crippen molar-refractivity contribution < 1.29 is 36.2 Å². The fraction of sp³-hybridized carbons (Fsp3) is 0.375. The van der Waals surface area contributed by atoms with E-state index in [1.807, 2.05) is 0 Å². The maximum absolute atomic E-state index is 12.4. The standard InChI is InChI=1S/C8H4F6N2O2/c9-7(10,11)1-4-15-2-3(6(17)18)5(16-4)8(12,13)14/h2H,1H2,(H,17,18). The van der Waals surface area contributed by atoms with Crippen molar-refractivity contribution in [1.82, 2.24) is 9.97 Å². The second-order valence-electron chi connectivity index (χ2n) is 3.14. The third kappa shape index (κ3) is 3.57. The Bertz CT molecular complexity index is 468. The fourth-order valence-electron chi connectivity index (χ4n) is 1.06. The zero-order valence-corrected chi connectivity index (χ0v) is 8.30. The minimum absolute atomic E-state index is 0.208. The summed E-state index contributed by atoms with van der Waals surface area (Å²) < 4.78 is 73.0. The quantitative estimate of drug-likeness (QED) is 0.840. The number of rotatable bonds is 2. The van der Waals surface area contributed by atoms with E-state index in [0.29, 0.717) is 0 Å². The summed E-state index contributed by atoms with van der Waals surface area (Å²) in [6.45, 7) is 0. The minimum Gasteiger partial charge on any atom is -0.478 e. The summed E-state index contributed by atoms with van der Waals surface area (Å²) in [6, 6.07) is 0. The lowest BCUT2D eigenvalue weighted by Gasteiger charge is -2.11. The third-order valence-electron chi connectivity index (χ3n) is 1.70. The lowest BCUT2D eigenvalue weighted by Crippen LogP contribution is -2.20. The van der Waals surface area contributed by atoms with Crippen molar-refractivity contribution in [2.75, 3.05) is 0 Å². The molecule has 0 saturated carbocycles. The molecule has 1 rings (SSSR count). The molecule has 4 nitrogen and oxygen atoms in total. The fourth-order valence-corrected chi connectivity index (χ4v) is 1.06. The van der Waals surface area contributed by atoms with Gasteiger partial charge in [0.25, 0.3) is 0 Å². The predicted octanol–water partition coefficient (Wildman–Crippen LogP) is 2.30. The van der Waals surface area contributed by atoms with E-state index < -0.39 is 41.8 Å². The third-order valence-corrected chi connectivity index (χ3v) is 1.70. The maximum Gasteiger partial charge on any atom is 0.434 e. The molecule has 0 radical (unpaired) electrons.